The normalized spacial score (nSPS) is 10.3. The zero-order valence-electron chi connectivity index (χ0n) is 14.8. The Morgan fingerprint density at radius 2 is 1.88 bits per heavy atom. The Balaban J connectivity index is 2.05. The van der Waals surface area contributed by atoms with Crippen molar-refractivity contribution in [2.24, 2.45) is 0 Å². The third-order valence-corrected chi connectivity index (χ3v) is 3.71. The summed E-state index contributed by atoms with van der Waals surface area (Å²) in [7, 11) is 1.60. The number of benzene rings is 2. The molecule has 0 aliphatic heterocycles. The van der Waals surface area contributed by atoms with E-state index in [9.17, 15) is 4.79 Å². The van der Waals surface area contributed by atoms with E-state index in [0.29, 0.717) is 18.1 Å². The van der Waals surface area contributed by atoms with Crippen LogP contribution in [0.4, 0.5) is 5.69 Å². The summed E-state index contributed by atoms with van der Waals surface area (Å²) in [5.41, 5.74) is 3.97. The highest BCUT2D eigenvalue weighted by Crippen LogP contribution is 2.28. The summed E-state index contributed by atoms with van der Waals surface area (Å²) < 4.78 is 11.0. The SMILES string of the molecule is CCCOc1ccc(CC(=O)Nc2ccc(C)cc2C)cc1OC. The lowest BCUT2D eigenvalue weighted by Crippen LogP contribution is -2.15. The average Bonchev–Trinajstić information content (AvgIpc) is 2.56. The highest BCUT2D eigenvalue weighted by Gasteiger charge is 2.10. The average molecular weight is 327 g/mol. The number of hydrogen-bond donors (Lipinski definition) is 1. The molecule has 0 heterocycles. The molecule has 0 saturated heterocycles. The number of hydrogen-bond acceptors (Lipinski definition) is 3. The van der Waals surface area contributed by atoms with Crippen molar-refractivity contribution in [3.8, 4) is 11.5 Å². The van der Waals surface area contributed by atoms with Crippen molar-refractivity contribution in [1.82, 2.24) is 0 Å². The molecule has 0 saturated carbocycles. The lowest BCUT2D eigenvalue weighted by molar-refractivity contribution is -0.115. The highest BCUT2D eigenvalue weighted by atomic mass is 16.5. The van der Waals surface area contributed by atoms with Crippen LogP contribution in [-0.2, 0) is 11.2 Å². The van der Waals surface area contributed by atoms with Gasteiger partial charge in [0.25, 0.3) is 0 Å². The highest BCUT2D eigenvalue weighted by molar-refractivity contribution is 5.93. The molecule has 0 aliphatic carbocycles. The van der Waals surface area contributed by atoms with Crippen molar-refractivity contribution < 1.29 is 14.3 Å². The summed E-state index contributed by atoms with van der Waals surface area (Å²) in [5.74, 6) is 1.31. The lowest BCUT2D eigenvalue weighted by Gasteiger charge is -2.12. The fourth-order valence-corrected chi connectivity index (χ4v) is 2.49. The number of ether oxygens (including phenoxy) is 2. The fraction of sp³-hybridized carbons (Fsp3) is 0.350. The van der Waals surface area contributed by atoms with Gasteiger partial charge in [0, 0.05) is 5.69 Å². The molecule has 1 N–H and O–H groups in total. The summed E-state index contributed by atoms with van der Waals surface area (Å²) in [6.45, 7) is 6.72. The number of rotatable bonds is 7. The van der Waals surface area contributed by atoms with Crippen molar-refractivity contribution in [2.75, 3.05) is 19.0 Å². The summed E-state index contributed by atoms with van der Waals surface area (Å²) in [6, 6.07) is 11.6. The van der Waals surface area contributed by atoms with Gasteiger partial charge in [-0.15, -0.1) is 0 Å². The summed E-state index contributed by atoms with van der Waals surface area (Å²) >= 11 is 0. The second kappa shape index (κ2) is 8.39. The van der Waals surface area contributed by atoms with E-state index >= 15 is 0 Å². The molecule has 2 aromatic rings. The van der Waals surface area contributed by atoms with Crippen LogP contribution in [0.2, 0.25) is 0 Å². The number of amides is 1. The summed E-state index contributed by atoms with van der Waals surface area (Å²) in [4.78, 5) is 12.3. The predicted molar refractivity (Wildman–Crippen MR) is 97.0 cm³/mol. The molecule has 24 heavy (non-hydrogen) atoms. The van der Waals surface area contributed by atoms with E-state index in [1.165, 1.54) is 5.56 Å². The van der Waals surface area contributed by atoms with E-state index in [2.05, 4.69) is 18.3 Å². The molecule has 0 fully saturated rings. The standard InChI is InChI=1S/C20H25NO3/c1-5-10-24-18-9-7-16(12-19(18)23-4)13-20(22)21-17-8-6-14(2)11-15(17)3/h6-9,11-12H,5,10,13H2,1-4H3,(H,21,22). The van der Waals surface area contributed by atoms with Gasteiger partial charge in [-0.25, -0.2) is 0 Å². The minimum absolute atomic E-state index is 0.0498. The third-order valence-electron chi connectivity index (χ3n) is 3.71. The van der Waals surface area contributed by atoms with E-state index in [1.807, 2.05) is 44.2 Å². The van der Waals surface area contributed by atoms with Crippen molar-refractivity contribution in [3.05, 3.63) is 53.1 Å². The first-order valence-electron chi connectivity index (χ1n) is 8.20. The van der Waals surface area contributed by atoms with Crippen LogP contribution < -0.4 is 14.8 Å². The van der Waals surface area contributed by atoms with Gasteiger partial charge in [-0.1, -0.05) is 30.7 Å². The van der Waals surface area contributed by atoms with Crippen LogP contribution >= 0.6 is 0 Å². The van der Waals surface area contributed by atoms with E-state index < -0.39 is 0 Å². The van der Waals surface area contributed by atoms with Crippen LogP contribution in [0.25, 0.3) is 0 Å². The molecule has 2 rings (SSSR count). The third kappa shape index (κ3) is 4.75. The van der Waals surface area contributed by atoms with Crippen LogP contribution in [0.15, 0.2) is 36.4 Å². The molecule has 0 unspecified atom stereocenters. The monoisotopic (exact) mass is 327 g/mol. The van der Waals surface area contributed by atoms with Crippen molar-refractivity contribution in [2.45, 2.75) is 33.6 Å². The van der Waals surface area contributed by atoms with Crippen LogP contribution in [0, 0.1) is 13.8 Å². The number of methoxy groups -OCH3 is 1. The molecule has 4 heteroatoms. The van der Waals surface area contributed by atoms with Gasteiger partial charge in [0.05, 0.1) is 20.1 Å². The van der Waals surface area contributed by atoms with Crippen molar-refractivity contribution in [1.29, 1.82) is 0 Å². The molecule has 0 aliphatic rings. The van der Waals surface area contributed by atoms with Crippen molar-refractivity contribution in [3.63, 3.8) is 0 Å². The number of carbonyl (C=O) groups excluding carboxylic acids is 1. The van der Waals surface area contributed by atoms with Crippen LogP contribution in [0.5, 0.6) is 11.5 Å². The largest absolute Gasteiger partial charge is 0.493 e. The maximum absolute atomic E-state index is 12.3. The molecule has 0 radical (unpaired) electrons. The minimum atomic E-state index is -0.0498. The Hall–Kier alpha value is -2.49. The zero-order chi connectivity index (χ0) is 17.5. The van der Waals surface area contributed by atoms with E-state index in [-0.39, 0.29) is 12.3 Å². The van der Waals surface area contributed by atoms with Crippen molar-refractivity contribution >= 4 is 11.6 Å². The van der Waals surface area contributed by atoms with E-state index in [0.717, 1.165) is 23.2 Å². The summed E-state index contributed by atoms with van der Waals surface area (Å²) in [6.07, 6.45) is 1.22. The molecule has 2 aromatic carbocycles. The molecular weight excluding hydrogens is 302 g/mol. The molecule has 0 bridgehead atoms. The van der Waals surface area contributed by atoms with Gasteiger partial charge in [-0.2, -0.15) is 0 Å². The van der Waals surface area contributed by atoms with Gasteiger partial charge in [-0.05, 0) is 49.6 Å². The molecule has 0 atom stereocenters. The zero-order valence-corrected chi connectivity index (χ0v) is 14.8. The Morgan fingerprint density at radius 3 is 2.54 bits per heavy atom. The number of carbonyl (C=O) groups is 1. The van der Waals surface area contributed by atoms with Gasteiger partial charge in [-0.3, -0.25) is 4.79 Å². The number of nitrogens with one attached hydrogen (secondary N) is 1. The first-order valence-corrected chi connectivity index (χ1v) is 8.20. The first-order chi connectivity index (χ1) is 11.5. The Morgan fingerprint density at radius 1 is 1.08 bits per heavy atom. The summed E-state index contributed by atoms with van der Waals surface area (Å²) in [5, 5.41) is 2.96. The Kier molecular flexibility index (Phi) is 6.24. The maximum Gasteiger partial charge on any atom is 0.228 e. The number of aryl methyl sites for hydroxylation is 2. The second-order valence-corrected chi connectivity index (χ2v) is 5.88. The quantitative estimate of drug-likeness (QED) is 0.825. The van der Waals surface area contributed by atoms with Gasteiger partial charge < -0.3 is 14.8 Å². The Bertz CT molecular complexity index is 710. The van der Waals surface area contributed by atoms with Gasteiger partial charge in [0.1, 0.15) is 0 Å². The number of anilines is 1. The molecule has 0 spiro atoms. The molecule has 4 nitrogen and oxygen atoms in total. The molecular formula is C20H25NO3. The molecule has 128 valence electrons. The van der Waals surface area contributed by atoms with Crippen LogP contribution in [0.1, 0.15) is 30.0 Å². The topological polar surface area (TPSA) is 47.6 Å². The van der Waals surface area contributed by atoms with E-state index in [1.54, 1.807) is 7.11 Å². The smallest absolute Gasteiger partial charge is 0.228 e. The lowest BCUT2D eigenvalue weighted by atomic mass is 10.1. The first kappa shape index (κ1) is 17.9. The second-order valence-electron chi connectivity index (χ2n) is 5.88. The minimum Gasteiger partial charge on any atom is -0.493 e. The Labute approximate surface area is 143 Å². The molecule has 0 aromatic heterocycles. The fourth-order valence-electron chi connectivity index (χ4n) is 2.49. The maximum atomic E-state index is 12.3. The van der Waals surface area contributed by atoms with Crippen LogP contribution in [-0.4, -0.2) is 19.6 Å². The van der Waals surface area contributed by atoms with Gasteiger partial charge in [0.15, 0.2) is 11.5 Å². The van der Waals surface area contributed by atoms with Gasteiger partial charge >= 0.3 is 0 Å². The predicted octanol–water partition coefficient (Wildman–Crippen LogP) is 4.28. The van der Waals surface area contributed by atoms with Crippen LogP contribution in [0.3, 0.4) is 0 Å². The molecule has 1 amide bonds. The van der Waals surface area contributed by atoms with Gasteiger partial charge in [0.2, 0.25) is 5.91 Å². The van der Waals surface area contributed by atoms with E-state index in [4.69, 9.17) is 9.47 Å².